The Morgan fingerprint density at radius 1 is 1.35 bits per heavy atom. The molecule has 3 rings (SSSR count). The van der Waals surface area contributed by atoms with Gasteiger partial charge in [0.1, 0.15) is 5.15 Å². The Kier molecular flexibility index (Phi) is 3.76. The fourth-order valence-corrected chi connectivity index (χ4v) is 3.79. The van der Waals surface area contributed by atoms with Gasteiger partial charge in [0.2, 0.25) is 0 Å². The van der Waals surface area contributed by atoms with Crippen molar-refractivity contribution < 1.29 is 4.79 Å². The maximum atomic E-state index is 12.3. The first-order valence-electron chi connectivity index (χ1n) is 6.69. The van der Waals surface area contributed by atoms with Crippen LogP contribution in [-0.2, 0) is 12.8 Å². The van der Waals surface area contributed by atoms with Crippen LogP contribution in [0.2, 0.25) is 5.15 Å². The molecule has 1 aliphatic carbocycles. The van der Waals surface area contributed by atoms with E-state index in [0.29, 0.717) is 10.8 Å². The lowest BCUT2D eigenvalue weighted by Gasteiger charge is -2.08. The molecule has 0 unspecified atom stereocenters. The molecule has 1 aliphatic rings. The Hall–Kier alpha value is -1.39. The van der Waals surface area contributed by atoms with Crippen molar-refractivity contribution >= 4 is 34.5 Å². The summed E-state index contributed by atoms with van der Waals surface area (Å²) >= 11 is 7.43. The Labute approximate surface area is 127 Å². The molecule has 20 heavy (non-hydrogen) atoms. The number of halogens is 1. The summed E-state index contributed by atoms with van der Waals surface area (Å²) in [5, 5.41) is 3.35. The lowest BCUT2D eigenvalue weighted by Crippen LogP contribution is -2.11. The van der Waals surface area contributed by atoms with Gasteiger partial charge < -0.3 is 5.32 Å². The van der Waals surface area contributed by atoms with Crippen LogP contribution in [0.3, 0.4) is 0 Å². The number of hydrogen-bond acceptors (Lipinski definition) is 3. The van der Waals surface area contributed by atoms with Crippen LogP contribution in [0.4, 0.5) is 5.69 Å². The van der Waals surface area contributed by atoms with E-state index in [1.165, 1.54) is 23.3 Å². The van der Waals surface area contributed by atoms with Crippen molar-refractivity contribution in [3.63, 3.8) is 0 Å². The number of pyridine rings is 1. The lowest BCUT2D eigenvalue weighted by molar-refractivity contribution is 0.103. The van der Waals surface area contributed by atoms with Crippen LogP contribution in [0, 0.1) is 6.92 Å². The monoisotopic (exact) mass is 306 g/mol. The lowest BCUT2D eigenvalue weighted by atomic mass is 9.99. The van der Waals surface area contributed by atoms with E-state index in [0.717, 1.165) is 23.4 Å². The summed E-state index contributed by atoms with van der Waals surface area (Å²) in [6.07, 6.45) is 4.66. The highest BCUT2D eigenvalue weighted by Crippen LogP contribution is 2.30. The molecule has 2 aromatic rings. The first-order chi connectivity index (χ1) is 9.63. The number of carbonyl (C=O) groups is 1. The Balaban J connectivity index is 1.80. The molecule has 0 spiro atoms. The second-order valence-corrected chi connectivity index (χ2v) is 6.51. The van der Waals surface area contributed by atoms with Crippen LogP contribution in [0.25, 0.3) is 0 Å². The molecule has 0 fully saturated rings. The third-order valence-corrected chi connectivity index (χ3v) is 4.97. The summed E-state index contributed by atoms with van der Waals surface area (Å²) < 4.78 is 0. The Morgan fingerprint density at radius 3 is 2.90 bits per heavy atom. The molecule has 0 aliphatic heterocycles. The highest BCUT2D eigenvalue weighted by molar-refractivity contribution is 7.14. The van der Waals surface area contributed by atoms with Crippen molar-refractivity contribution in [1.29, 1.82) is 0 Å². The molecule has 5 heteroatoms. The second-order valence-electron chi connectivity index (χ2n) is 4.99. The molecule has 104 valence electrons. The highest BCUT2D eigenvalue weighted by Gasteiger charge is 2.17. The van der Waals surface area contributed by atoms with Crippen LogP contribution in [-0.4, -0.2) is 10.9 Å². The van der Waals surface area contributed by atoms with E-state index in [1.54, 1.807) is 23.5 Å². The minimum atomic E-state index is -0.0587. The van der Waals surface area contributed by atoms with Gasteiger partial charge in [-0.15, -0.1) is 11.3 Å². The van der Waals surface area contributed by atoms with Crippen molar-refractivity contribution in [2.45, 2.75) is 32.6 Å². The topological polar surface area (TPSA) is 42.0 Å². The predicted molar refractivity (Wildman–Crippen MR) is 82.9 cm³/mol. The fraction of sp³-hybridized carbons (Fsp3) is 0.333. The SMILES string of the molecule is Cc1nc(Cl)ccc1NC(=O)c1cc2c(s1)CCCC2. The molecule has 0 radical (unpaired) electrons. The first kappa shape index (κ1) is 13.6. The van der Waals surface area contributed by atoms with Gasteiger partial charge in [-0.3, -0.25) is 4.79 Å². The van der Waals surface area contributed by atoms with E-state index >= 15 is 0 Å². The summed E-state index contributed by atoms with van der Waals surface area (Å²) in [7, 11) is 0. The zero-order valence-electron chi connectivity index (χ0n) is 11.2. The van der Waals surface area contributed by atoms with Gasteiger partial charge in [0.05, 0.1) is 16.3 Å². The van der Waals surface area contributed by atoms with Crippen molar-refractivity contribution in [3.05, 3.63) is 44.4 Å². The number of carbonyl (C=O) groups excluding carboxylic acids is 1. The minimum absolute atomic E-state index is 0.0587. The highest BCUT2D eigenvalue weighted by atomic mass is 35.5. The van der Waals surface area contributed by atoms with Gasteiger partial charge in [-0.1, -0.05) is 11.6 Å². The van der Waals surface area contributed by atoms with E-state index in [4.69, 9.17) is 11.6 Å². The molecule has 1 amide bonds. The number of rotatable bonds is 2. The average Bonchev–Trinajstić information content (AvgIpc) is 2.86. The Morgan fingerprint density at radius 2 is 2.15 bits per heavy atom. The third kappa shape index (κ3) is 2.72. The number of amides is 1. The summed E-state index contributed by atoms with van der Waals surface area (Å²) in [6, 6.07) is 5.51. The molecule has 0 aromatic carbocycles. The second kappa shape index (κ2) is 5.54. The normalized spacial score (nSPS) is 13.9. The van der Waals surface area contributed by atoms with Crippen molar-refractivity contribution in [3.8, 4) is 0 Å². The Bertz CT molecular complexity index is 642. The molecule has 0 saturated carbocycles. The van der Waals surface area contributed by atoms with E-state index < -0.39 is 0 Å². The van der Waals surface area contributed by atoms with Gasteiger partial charge in [-0.2, -0.15) is 0 Å². The van der Waals surface area contributed by atoms with Crippen LogP contribution in [0.5, 0.6) is 0 Å². The van der Waals surface area contributed by atoms with E-state index in [1.807, 2.05) is 13.0 Å². The van der Waals surface area contributed by atoms with Gasteiger partial charge in [-0.05, 0) is 56.4 Å². The van der Waals surface area contributed by atoms with E-state index in [9.17, 15) is 4.79 Å². The van der Waals surface area contributed by atoms with Gasteiger partial charge >= 0.3 is 0 Å². The zero-order chi connectivity index (χ0) is 14.1. The number of anilines is 1. The van der Waals surface area contributed by atoms with Gasteiger partial charge in [-0.25, -0.2) is 4.98 Å². The minimum Gasteiger partial charge on any atom is -0.320 e. The molecular weight excluding hydrogens is 292 g/mol. The van der Waals surface area contributed by atoms with Crippen LogP contribution >= 0.6 is 22.9 Å². The van der Waals surface area contributed by atoms with Crippen molar-refractivity contribution in [1.82, 2.24) is 4.98 Å². The molecule has 0 saturated heterocycles. The van der Waals surface area contributed by atoms with Gasteiger partial charge in [0.15, 0.2) is 0 Å². The molecule has 0 bridgehead atoms. The standard InChI is InChI=1S/C15H15ClN2OS/c1-9-11(6-7-14(16)17-9)18-15(19)13-8-10-4-2-3-5-12(10)20-13/h6-8H,2-5H2,1H3,(H,18,19). The fourth-order valence-electron chi connectivity index (χ4n) is 2.45. The van der Waals surface area contributed by atoms with Crippen LogP contribution in [0.15, 0.2) is 18.2 Å². The number of hydrogen-bond donors (Lipinski definition) is 1. The largest absolute Gasteiger partial charge is 0.320 e. The number of nitrogens with one attached hydrogen (secondary N) is 1. The quantitative estimate of drug-likeness (QED) is 0.843. The maximum absolute atomic E-state index is 12.3. The predicted octanol–water partition coefficient (Wildman–Crippen LogP) is 4.24. The number of aryl methyl sites for hydroxylation is 3. The van der Waals surface area contributed by atoms with Crippen LogP contribution < -0.4 is 5.32 Å². The number of aromatic nitrogens is 1. The van der Waals surface area contributed by atoms with Crippen molar-refractivity contribution in [2.75, 3.05) is 5.32 Å². The van der Waals surface area contributed by atoms with Gasteiger partial charge in [0, 0.05) is 4.88 Å². The number of fused-ring (bicyclic) bond motifs is 1. The average molecular weight is 307 g/mol. The summed E-state index contributed by atoms with van der Waals surface area (Å²) in [6.45, 7) is 1.83. The van der Waals surface area contributed by atoms with E-state index in [2.05, 4.69) is 10.3 Å². The summed E-state index contributed by atoms with van der Waals surface area (Å²) in [5.41, 5.74) is 2.79. The zero-order valence-corrected chi connectivity index (χ0v) is 12.8. The molecule has 2 aromatic heterocycles. The van der Waals surface area contributed by atoms with Crippen LogP contribution in [0.1, 0.15) is 38.6 Å². The first-order valence-corrected chi connectivity index (χ1v) is 7.89. The third-order valence-electron chi connectivity index (χ3n) is 3.52. The molecule has 0 atom stereocenters. The van der Waals surface area contributed by atoms with Crippen molar-refractivity contribution in [2.24, 2.45) is 0 Å². The number of thiophene rings is 1. The summed E-state index contributed by atoms with van der Waals surface area (Å²) in [5.74, 6) is -0.0587. The molecule has 1 N–H and O–H groups in total. The smallest absolute Gasteiger partial charge is 0.265 e. The van der Waals surface area contributed by atoms with Gasteiger partial charge in [0.25, 0.3) is 5.91 Å². The summed E-state index contributed by atoms with van der Waals surface area (Å²) in [4.78, 5) is 18.6. The number of nitrogens with zero attached hydrogens (tertiary/aromatic N) is 1. The maximum Gasteiger partial charge on any atom is 0.265 e. The molecule has 2 heterocycles. The van der Waals surface area contributed by atoms with E-state index in [-0.39, 0.29) is 5.91 Å². The molecular formula is C15H15ClN2OS. The molecule has 3 nitrogen and oxygen atoms in total.